The number of nitrogens with one attached hydrogen (secondary N) is 1. The van der Waals surface area contributed by atoms with E-state index in [1.807, 2.05) is 0 Å². The number of nitrogens with two attached hydrogens (primary N) is 1. The summed E-state index contributed by atoms with van der Waals surface area (Å²) >= 11 is 0. The minimum atomic E-state index is -3.58. The first-order valence-corrected chi connectivity index (χ1v) is 7.10. The lowest BCUT2D eigenvalue weighted by atomic mass is 10.2. The van der Waals surface area contributed by atoms with Crippen LogP contribution in [0.5, 0.6) is 5.75 Å². The largest absolute Gasteiger partial charge is 0.497 e. The van der Waals surface area contributed by atoms with Crippen LogP contribution in [-0.4, -0.2) is 32.9 Å². The third kappa shape index (κ3) is 3.27. The molecule has 0 fully saturated rings. The molecule has 7 heteroatoms. The Morgan fingerprint density at radius 1 is 1.33 bits per heavy atom. The molecule has 18 heavy (non-hydrogen) atoms. The summed E-state index contributed by atoms with van der Waals surface area (Å²) in [7, 11) is -2.07. The fourth-order valence-corrected chi connectivity index (χ4v) is 2.78. The molecule has 0 aromatic heterocycles. The van der Waals surface area contributed by atoms with Gasteiger partial charge in [-0.1, -0.05) is 13.8 Å². The Kier molecular flexibility index (Phi) is 4.80. The van der Waals surface area contributed by atoms with E-state index in [0.717, 1.165) is 0 Å². The van der Waals surface area contributed by atoms with Crippen molar-refractivity contribution in [2.75, 3.05) is 30.7 Å². The van der Waals surface area contributed by atoms with E-state index in [9.17, 15) is 8.42 Å². The molecule has 1 aromatic rings. The van der Waals surface area contributed by atoms with E-state index in [1.54, 1.807) is 32.0 Å². The zero-order valence-electron chi connectivity index (χ0n) is 10.8. The molecule has 1 aromatic carbocycles. The summed E-state index contributed by atoms with van der Waals surface area (Å²) in [4.78, 5) is 0. The van der Waals surface area contributed by atoms with Gasteiger partial charge in [0, 0.05) is 19.2 Å². The van der Waals surface area contributed by atoms with E-state index in [1.165, 1.54) is 11.4 Å². The number of nitrogen functional groups attached to an aromatic ring is 1. The molecule has 6 nitrogen and oxygen atoms in total. The lowest BCUT2D eigenvalue weighted by Gasteiger charge is -2.20. The first kappa shape index (κ1) is 14.6. The van der Waals surface area contributed by atoms with E-state index < -0.39 is 10.2 Å². The molecule has 0 saturated carbocycles. The van der Waals surface area contributed by atoms with Gasteiger partial charge < -0.3 is 10.5 Å². The zero-order valence-corrected chi connectivity index (χ0v) is 11.6. The first-order valence-electron chi connectivity index (χ1n) is 5.66. The fourth-order valence-electron chi connectivity index (χ4n) is 1.52. The van der Waals surface area contributed by atoms with Crippen LogP contribution in [-0.2, 0) is 10.2 Å². The van der Waals surface area contributed by atoms with Gasteiger partial charge in [0.1, 0.15) is 5.75 Å². The van der Waals surface area contributed by atoms with Gasteiger partial charge in [0.15, 0.2) is 0 Å². The van der Waals surface area contributed by atoms with E-state index >= 15 is 0 Å². The van der Waals surface area contributed by atoms with Crippen LogP contribution >= 0.6 is 0 Å². The van der Waals surface area contributed by atoms with Crippen LogP contribution in [0.3, 0.4) is 0 Å². The van der Waals surface area contributed by atoms with Crippen molar-refractivity contribution < 1.29 is 13.2 Å². The summed E-state index contributed by atoms with van der Waals surface area (Å²) in [5, 5.41) is 0. The highest BCUT2D eigenvalue weighted by Crippen LogP contribution is 2.25. The van der Waals surface area contributed by atoms with Crippen molar-refractivity contribution in [3.05, 3.63) is 18.2 Å². The second-order valence-corrected chi connectivity index (χ2v) is 5.32. The van der Waals surface area contributed by atoms with E-state index in [0.29, 0.717) is 30.2 Å². The zero-order chi connectivity index (χ0) is 13.8. The van der Waals surface area contributed by atoms with Gasteiger partial charge in [0.25, 0.3) is 0 Å². The van der Waals surface area contributed by atoms with Gasteiger partial charge in [0.05, 0.1) is 18.5 Å². The molecule has 0 radical (unpaired) electrons. The van der Waals surface area contributed by atoms with Crippen molar-refractivity contribution in [2.24, 2.45) is 0 Å². The molecule has 1 rings (SSSR count). The molecule has 0 bridgehead atoms. The number of hydrogen-bond donors (Lipinski definition) is 2. The van der Waals surface area contributed by atoms with Crippen LogP contribution in [0.25, 0.3) is 0 Å². The number of methoxy groups -OCH3 is 1. The quantitative estimate of drug-likeness (QED) is 0.765. The summed E-state index contributed by atoms with van der Waals surface area (Å²) in [5.41, 5.74) is 6.41. The molecule has 0 heterocycles. The third-order valence-electron chi connectivity index (χ3n) is 2.54. The highest BCUT2D eigenvalue weighted by molar-refractivity contribution is 7.90. The van der Waals surface area contributed by atoms with Crippen LogP contribution in [0.15, 0.2) is 18.2 Å². The van der Waals surface area contributed by atoms with Crippen molar-refractivity contribution in [3.63, 3.8) is 0 Å². The molecule has 3 N–H and O–H groups in total. The van der Waals surface area contributed by atoms with Gasteiger partial charge in [-0.05, 0) is 12.1 Å². The maximum absolute atomic E-state index is 12.0. The lowest BCUT2D eigenvalue weighted by Crippen LogP contribution is -2.35. The van der Waals surface area contributed by atoms with Gasteiger partial charge in [-0.3, -0.25) is 4.72 Å². The van der Waals surface area contributed by atoms with Gasteiger partial charge in [-0.15, -0.1) is 0 Å². The predicted molar refractivity (Wildman–Crippen MR) is 72.9 cm³/mol. The normalized spacial score (nSPS) is 11.6. The lowest BCUT2D eigenvalue weighted by molar-refractivity contribution is 0.415. The molecule has 0 aliphatic rings. The highest BCUT2D eigenvalue weighted by atomic mass is 32.2. The Hall–Kier alpha value is -1.47. The summed E-state index contributed by atoms with van der Waals surface area (Å²) < 4.78 is 32.9. The number of ether oxygens (including phenoxy) is 1. The Labute approximate surface area is 108 Å². The molecule has 0 aliphatic carbocycles. The third-order valence-corrected chi connectivity index (χ3v) is 4.22. The van der Waals surface area contributed by atoms with Crippen LogP contribution < -0.4 is 15.2 Å². The second kappa shape index (κ2) is 5.92. The Morgan fingerprint density at radius 3 is 2.44 bits per heavy atom. The molecule has 0 aliphatic heterocycles. The van der Waals surface area contributed by atoms with Crippen LogP contribution in [0.2, 0.25) is 0 Å². The van der Waals surface area contributed by atoms with Crippen LogP contribution in [0.1, 0.15) is 13.8 Å². The average Bonchev–Trinajstić information content (AvgIpc) is 2.33. The van der Waals surface area contributed by atoms with E-state index in [4.69, 9.17) is 10.5 Å². The molecule has 102 valence electrons. The van der Waals surface area contributed by atoms with Crippen LogP contribution in [0.4, 0.5) is 11.4 Å². The SMILES string of the molecule is CCN(CC)S(=O)(=O)Nc1cc(OC)ccc1N. The number of rotatable bonds is 6. The summed E-state index contributed by atoms with van der Waals surface area (Å²) in [6.45, 7) is 4.35. The van der Waals surface area contributed by atoms with Gasteiger partial charge >= 0.3 is 10.2 Å². The monoisotopic (exact) mass is 273 g/mol. The standard InChI is InChI=1S/C11H19N3O3S/c1-4-14(5-2)18(15,16)13-11-8-9(17-3)6-7-10(11)12/h6-8,13H,4-5,12H2,1-3H3. The van der Waals surface area contributed by atoms with Gasteiger partial charge in [-0.2, -0.15) is 12.7 Å². The van der Waals surface area contributed by atoms with E-state index in [-0.39, 0.29) is 0 Å². The molecule has 0 spiro atoms. The molecule has 0 amide bonds. The second-order valence-electron chi connectivity index (χ2n) is 3.64. The number of hydrogen-bond acceptors (Lipinski definition) is 4. The summed E-state index contributed by atoms with van der Waals surface area (Å²) in [5.74, 6) is 0.543. The number of anilines is 2. The Morgan fingerprint density at radius 2 is 1.94 bits per heavy atom. The molecule has 0 saturated heterocycles. The molecule has 0 unspecified atom stereocenters. The fraction of sp³-hybridized carbons (Fsp3) is 0.455. The van der Waals surface area contributed by atoms with Crippen molar-refractivity contribution in [1.82, 2.24) is 4.31 Å². The number of benzene rings is 1. The molecular formula is C11H19N3O3S. The van der Waals surface area contributed by atoms with Crippen molar-refractivity contribution in [1.29, 1.82) is 0 Å². The van der Waals surface area contributed by atoms with Crippen molar-refractivity contribution >= 4 is 21.6 Å². The summed E-state index contributed by atoms with van der Waals surface area (Å²) in [6, 6.07) is 4.82. The Balaban J connectivity index is 3.03. The summed E-state index contributed by atoms with van der Waals surface area (Å²) in [6.07, 6.45) is 0. The Bertz CT molecular complexity index is 498. The van der Waals surface area contributed by atoms with Crippen molar-refractivity contribution in [3.8, 4) is 5.75 Å². The molecular weight excluding hydrogens is 254 g/mol. The minimum absolute atomic E-state index is 0.321. The average molecular weight is 273 g/mol. The maximum atomic E-state index is 12.0. The van der Waals surface area contributed by atoms with Gasteiger partial charge in [-0.25, -0.2) is 0 Å². The van der Waals surface area contributed by atoms with Crippen molar-refractivity contribution in [2.45, 2.75) is 13.8 Å². The topological polar surface area (TPSA) is 84.7 Å². The first-order chi connectivity index (χ1) is 8.44. The molecule has 0 atom stereocenters. The van der Waals surface area contributed by atoms with Crippen LogP contribution in [0, 0.1) is 0 Å². The highest BCUT2D eigenvalue weighted by Gasteiger charge is 2.19. The minimum Gasteiger partial charge on any atom is -0.497 e. The smallest absolute Gasteiger partial charge is 0.301 e. The number of nitrogens with zero attached hydrogens (tertiary/aromatic N) is 1. The van der Waals surface area contributed by atoms with E-state index in [2.05, 4.69) is 4.72 Å². The van der Waals surface area contributed by atoms with Gasteiger partial charge in [0.2, 0.25) is 0 Å². The maximum Gasteiger partial charge on any atom is 0.301 e. The predicted octanol–water partition coefficient (Wildman–Crippen LogP) is 1.28.